The van der Waals surface area contributed by atoms with E-state index in [0.717, 1.165) is 56.1 Å². The lowest BCUT2D eigenvalue weighted by molar-refractivity contribution is -1.01. The number of aryl methyl sites for hydroxylation is 2. The van der Waals surface area contributed by atoms with E-state index in [2.05, 4.69) is 10.6 Å². The summed E-state index contributed by atoms with van der Waals surface area (Å²) < 4.78 is 0. The minimum Gasteiger partial charge on any atom is -0.351 e. The minimum absolute atomic E-state index is 0.0295. The number of anilines is 1. The van der Waals surface area contributed by atoms with Crippen LogP contribution in [0, 0.1) is 13.8 Å². The molecule has 1 aromatic rings. The lowest BCUT2D eigenvalue weighted by Gasteiger charge is -2.29. The summed E-state index contributed by atoms with van der Waals surface area (Å²) in [5, 5.41) is 5.91. The molecule has 1 aromatic carbocycles. The molecule has 0 atom stereocenters. The molecule has 1 aliphatic rings. The molecule has 6 heteroatoms. The quantitative estimate of drug-likeness (QED) is 0.494. The van der Waals surface area contributed by atoms with Crippen molar-refractivity contribution < 1.29 is 19.4 Å². The molecule has 0 aliphatic carbocycles. The van der Waals surface area contributed by atoms with Gasteiger partial charge in [-0.2, -0.15) is 0 Å². The third-order valence-corrected chi connectivity index (χ3v) is 4.67. The summed E-state index contributed by atoms with van der Waals surface area (Å²) in [5.41, 5.74) is 3.15. The van der Waals surface area contributed by atoms with Crippen molar-refractivity contribution in [3.8, 4) is 0 Å². The van der Waals surface area contributed by atoms with Crippen LogP contribution < -0.4 is 20.4 Å². The van der Waals surface area contributed by atoms with Crippen LogP contribution in [0.25, 0.3) is 0 Å². The molecule has 6 nitrogen and oxygen atoms in total. The molecule has 0 radical (unpaired) electrons. The van der Waals surface area contributed by atoms with Crippen LogP contribution in [0.3, 0.4) is 0 Å². The molecule has 0 bridgehead atoms. The summed E-state index contributed by atoms with van der Waals surface area (Å²) >= 11 is 0. The van der Waals surface area contributed by atoms with E-state index in [-0.39, 0.29) is 11.8 Å². The van der Waals surface area contributed by atoms with Crippen LogP contribution in [0.1, 0.15) is 18.1 Å². The number of hydrogen-bond acceptors (Lipinski definition) is 2. The van der Waals surface area contributed by atoms with E-state index in [1.54, 1.807) is 6.92 Å². The lowest BCUT2D eigenvalue weighted by atomic mass is 10.1. The molecule has 1 aliphatic heterocycles. The van der Waals surface area contributed by atoms with Crippen molar-refractivity contribution in [3.63, 3.8) is 0 Å². The number of para-hydroxylation sites is 1. The van der Waals surface area contributed by atoms with Crippen LogP contribution in [0.5, 0.6) is 0 Å². The van der Waals surface area contributed by atoms with Crippen molar-refractivity contribution in [1.82, 2.24) is 5.32 Å². The zero-order valence-corrected chi connectivity index (χ0v) is 15.0. The maximum Gasteiger partial charge on any atom is 0.279 e. The maximum absolute atomic E-state index is 12.3. The van der Waals surface area contributed by atoms with Crippen LogP contribution in [-0.2, 0) is 9.59 Å². The molecule has 0 saturated carbocycles. The van der Waals surface area contributed by atoms with Crippen LogP contribution >= 0.6 is 0 Å². The first-order chi connectivity index (χ1) is 11.5. The summed E-state index contributed by atoms with van der Waals surface area (Å²) in [5.74, 6) is 0.117. The van der Waals surface area contributed by atoms with Gasteiger partial charge in [0.2, 0.25) is 5.91 Å². The van der Waals surface area contributed by atoms with E-state index in [9.17, 15) is 9.59 Å². The third kappa shape index (κ3) is 5.62. The largest absolute Gasteiger partial charge is 0.351 e. The molecule has 4 N–H and O–H groups in total. The van der Waals surface area contributed by atoms with Crippen molar-refractivity contribution in [3.05, 3.63) is 29.3 Å². The Bertz CT molecular complexity index is 560. The number of quaternary nitrogens is 2. The SMILES string of the molecule is CC(=O)NCC[NH+]1CC[NH+](CC(=O)Nc2c(C)cccc2C)CC1. The fourth-order valence-corrected chi connectivity index (χ4v) is 3.22. The highest BCUT2D eigenvalue weighted by Crippen LogP contribution is 2.18. The number of rotatable bonds is 6. The van der Waals surface area contributed by atoms with Gasteiger partial charge in [0.05, 0.1) is 13.1 Å². The number of carbonyl (C=O) groups excluding carboxylic acids is 2. The first-order valence-corrected chi connectivity index (χ1v) is 8.73. The number of hydrogen-bond donors (Lipinski definition) is 4. The Kier molecular flexibility index (Phi) is 6.75. The van der Waals surface area contributed by atoms with Gasteiger partial charge in [0.1, 0.15) is 26.2 Å². The van der Waals surface area contributed by atoms with Crippen molar-refractivity contribution >= 4 is 17.5 Å². The van der Waals surface area contributed by atoms with Gasteiger partial charge in [0, 0.05) is 12.6 Å². The van der Waals surface area contributed by atoms with Crippen molar-refractivity contribution in [2.75, 3.05) is 51.1 Å². The van der Waals surface area contributed by atoms with Crippen molar-refractivity contribution in [2.24, 2.45) is 0 Å². The maximum atomic E-state index is 12.3. The van der Waals surface area contributed by atoms with Gasteiger partial charge in [0.15, 0.2) is 6.54 Å². The monoisotopic (exact) mass is 334 g/mol. The predicted octanol–water partition coefficient (Wildman–Crippen LogP) is -1.84. The van der Waals surface area contributed by atoms with E-state index in [1.807, 2.05) is 32.0 Å². The first kappa shape index (κ1) is 18.4. The second kappa shape index (κ2) is 8.80. The average Bonchev–Trinajstić information content (AvgIpc) is 2.52. The summed E-state index contributed by atoms with van der Waals surface area (Å²) in [6.07, 6.45) is 0. The van der Waals surface area contributed by atoms with Gasteiger partial charge in [0.25, 0.3) is 5.91 Å². The molecular formula is C18H30N4O2+2. The van der Waals surface area contributed by atoms with Crippen molar-refractivity contribution in [1.29, 1.82) is 0 Å². The number of piperazine rings is 1. The van der Waals surface area contributed by atoms with Crippen LogP contribution in [-0.4, -0.2) is 57.6 Å². The van der Waals surface area contributed by atoms with E-state index >= 15 is 0 Å². The van der Waals surface area contributed by atoms with Gasteiger partial charge in [-0.05, 0) is 25.0 Å². The molecule has 0 unspecified atom stereocenters. The molecule has 0 aromatic heterocycles. The smallest absolute Gasteiger partial charge is 0.279 e. The van der Waals surface area contributed by atoms with Crippen LogP contribution in [0.4, 0.5) is 5.69 Å². The Morgan fingerprint density at radius 1 is 1.04 bits per heavy atom. The second-order valence-corrected chi connectivity index (χ2v) is 6.72. The number of amides is 2. The molecule has 132 valence electrons. The number of benzene rings is 1. The fraction of sp³-hybridized carbons (Fsp3) is 0.556. The molecule has 1 saturated heterocycles. The normalized spacial score (nSPS) is 20.5. The van der Waals surface area contributed by atoms with E-state index in [4.69, 9.17) is 0 Å². The van der Waals surface area contributed by atoms with E-state index < -0.39 is 0 Å². The highest BCUT2D eigenvalue weighted by Gasteiger charge is 2.24. The highest BCUT2D eigenvalue weighted by atomic mass is 16.2. The molecule has 2 rings (SSSR count). The van der Waals surface area contributed by atoms with E-state index in [1.165, 1.54) is 9.80 Å². The minimum atomic E-state index is 0.0295. The second-order valence-electron chi connectivity index (χ2n) is 6.72. The Labute approximate surface area is 144 Å². The molecule has 1 heterocycles. The fourth-order valence-electron chi connectivity index (χ4n) is 3.22. The first-order valence-electron chi connectivity index (χ1n) is 8.73. The van der Waals surface area contributed by atoms with E-state index in [0.29, 0.717) is 6.54 Å². The topological polar surface area (TPSA) is 67.1 Å². The molecular weight excluding hydrogens is 304 g/mol. The summed E-state index contributed by atoms with van der Waals surface area (Å²) in [6, 6.07) is 6.05. The Morgan fingerprint density at radius 3 is 2.21 bits per heavy atom. The van der Waals surface area contributed by atoms with Gasteiger partial charge in [-0.25, -0.2) is 0 Å². The third-order valence-electron chi connectivity index (χ3n) is 4.67. The van der Waals surface area contributed by atoms with Gasteiger partial charge in [-0.3, -0.25) is 9.59 Å². The zero-order valence-electron chi connectivity index (χ0n) is 15.0. The molecule has 2 amide bonds. The van der Waals surface area contributed by atoms with Crippen LogP contribution in [0.15, 0.2) is 18.2 Å². The van der Waals surface area contributed by atoms with Crippen LogP contribution in [0.2, 0.25) is 0 Å². The summed E-state index contributed by atoms with van der Waals surface area (Å²) in [4.78, 5) is 26.1. The molecule has 1 fully saturated rings. The van der Waals surface area contributed by atoms with Gasteiger partial charge in [-0.15, -0.1) is 0 Å². The number of carbonyl (C=O) groups is 2. The van der Waals surface area contributed by atoms with Gasteiger partial charge < -0.3 is 20.4 Å². The van der Waals surface area contributed by atoms with Gasteiger partial charge >= 0.3 is 0 Å². The Hall–Kier alpha value is -1.92. The van der Waals surface area contributed by atoms with Gasteiger partial charge in [-0.1, -0.05) is 18.2 Å². The zero-order chi connectivity index (χ0) is 17.5. The Morgan fingerprint density at radius 2 is 1.62 bits per heavy atom. The Balaban J connectivity index is 1.73. The lowest BCUT2D eigenvalue weighted by Crippen LogP contribution is -3.28. The number of nitrogens with one attached hydrogen (secondary N) is 4. The summed E-state index contributed by atoms with van der Waals surface area (Å²) in [7, 11) is 0. The molecule has 0 spiro atoms. The summed E-state index contributed by atoms with van der Waals surface area (Å²) in [6.45, 7) is 11.9. The standard InChI is InChI=1S/C18H28N4O2/c1-14-5-4-6-15(2)18(14)20-17(24)13-22-11-9-21(10-12-22)8-7-19-16(3)23/h4-6H,7-13H2,1-3H3,(H,19,23)(H,20,24)/p+2. The predicted molar refractivity (Wildman–Crippen MR) is 94.4 cm³/mol. The molecule has 24 heavy (non-hydrogen) atoms. The van der Waals surface area contributed by atoms with Crippen molar-refractivity contribution in [2.45, 2.75) is 20.8 Å². The highest BCUT2D eigenvalue weighted by molar-refractivity contribution is 5.93. The average molecular weight is 334 g/mol.